The number of ether oxygens (including phenoxy) is 1. The molecular formula is C11H14FNO2. The van der Waals surface area contributed by atoms with E-state index in [1.165, 1.54) is 7.11 Å². The summed E-state index contributed by atoms with van der Waals surface area (Å²) in [6, 6.07) is 1.56. The molecular weight excluding hydrogens is 197 g/mol. The van der Waals surface area contributed by atoms with Crippen LogP contribution in [0.1, 0.15) is 35.7 Å². The van der Waals surface area contributed by atoms with Crippen molar-refractivity contribution in [1.82, 2.24) is 4.57 Å². The molecule has 0 amide bonds. The van der Waals surface area contributed by atoms with Gasteiger partial charge in [-0.1, -0.05) is 0 Å². The van der Waals surface area contributed by atoms with Gasteiger partial charge in [0.2, 0.25) is 0 Å². The monoisotopic (exact) mass is 211 g/mol. The average molecular weight is 211 g/mol. The molecule has 1 fully saturated rings. The van der Waals surface area contributed by atoms with Crippen LogP contribution in [0.15, 0.2) is 18.5 Å². The highest BCUT2D eigenvalue weighted by atomic mass is 19.1. The Hall–Kier alpha value is -1.32. The lowest BCUT2D eigenvalue weighted by Gasteiger charge is -2.14. The molecule has 0 radical (unpaired) electrons. The molecule has 0 unspecified atom stereocenters. The molecule has 1 aliphatic carbocycles. The number of hydrogen-bond acceptors (Lipinski definition) is 2. The van der Waals surface area contributed by atoms with Crippen molar-refractivity contribution in [3.8, 4) is 0 Å². The quantitative estimate of drug-likeness (QED) is 0.703. The fourth-order valence-corrected chi connectivity index (χ4v) is 2.09. The summed E-state index contributed by atoms with van der Waals surface area (Å²) in [6.45, 7) is 0. The fourth-order valence-electron chi connectivity index (χ4n) is 2.09. The van der Waals surface area contributed by atoms with Crippen LogP contribution in [0.4, 0.5) is 4.39 Å². The van der Waals surface area contributed by atoms with Crippen molar-refractivity contribution in [1.29, 1.82) is 0 Å². The Balaban J connectivity index is 2.16. The second-order valence-electron chi connectivity index (χ2n) is 3.85. The first-order valence-corrected chi connectivity index (χ1v) is 5.12. The van der Waals surface area contributed by atoms with E-state index in [9.17, 15) is 9.18 Å². The fraction of sp³-hybridized carbons (Fsp3) is 0.545. The van der Waals surface area contributed by atoms with Crippen molar-refractivity contribution in [2.24, 2.45) is 0 Å². The van der Waals surface area contributed by atoms with Crippen LogP contribution in [-0.4, -0.2) is 23.8 Å². The Bertz CT molecular complexity index is 361. The topological polar surface area (TPSA) is 31.2 Å². The predicted octanol–water partition coefficient (Wildman–Crippen LogP) is 2.34. The molecule has 0 bridgehead atoms. The molecule has 2 rings (SSSR count). The van der Waals surface area contributed by atoms with E-state index >= 15 is 0 Å². The van der Waals surface area contributed by atoms with Gasteiger partial charge in [0.15, 0.2) is 0 Å². The molecule has 1 aromatic rings. The van der Waals surface area contributed by atoms with Crippen molar-refractivity contribution in [2.45, 2.75) is 31.5 Å². The van der Waals surface area contributed by atoms with Crippen LogP contribution in [0.5, 0.6) is 0 Å². The number of methoxy groups -OCH3 is 1. The Labute approximate surface area is 87.8 Å². The molecule has 0 spiro atoms. The smallest absolute Gasteiger partial charge is 0.339 e. The zero-order valence-corrected chi connectivity index (χ0v) is 8.65. The van der Waals surface area contributed by atoms with E-state index in [1.54, 1.807) is 23.0 Å². The van der Waals surface area contributed by atoms with Gasteiger partial charge in [-0.25, -0.2) is 9.18 Å². The first-order chi connectivity index (χ1) is 7.22. The number of hydrogen-bond donors (Lipinski definition) is 0. The molecule has 2 atom stereocenters. The Morgan fingerprint density at radius 3 is 3.00 bits per heavy atom. The largest absolute Gasteiger partial charge is 0.465 e. The number of carbonyl (C=O) groups excluding carboxylic acids is 1. The Morgan fingerprint density at radius 2 is 2.40 bits per heavy atom. The lowest BCUT2D eigenvalue weighted by atomic mass is 10.2. The van der Waals surface area contributed by atoms with Crippen molar-refractivity contribution in [3.05, 3.63) is 24.0 Å². The number of nitrogens with zero attached hydrogens (tertiary/aromatic N) is 1. The summed E-state index contributed by atoms with van der Waals surface area (Å²) in [6.07, 6.45) is 5.00. The highest BCUT2D eigenvalue weighted by Crippen LogP contribution is 2.32. The van der Waals surface area contributed by atoms with E-state index in [0.29, 0.717) is 12.0 Å². The first kappa shape index (κ1) is 10.2. The van der Waals surface area contributed by atoms with Crippen molar-refractivity contribution in [3.63, 3.8) is 0 Å². The van der Waals surface area contributed by atoms with E-state index in [-0.39, 0.29) is 12.0 Å². The summed E-state index contributed by atoms with van der Waals surface area (Å²) < 4.78 is 19.8. The van der Waals surface area contributed by atoms with E-state index in [2.05, 4.69) is 4.74 Å². The van der Waals surface area contributed by atoms with Crippen LogP contribution in [0.2, 0.25) is 0 Å². The maximum Gasteiger partial charge on any atom is 0.339 e. The normalized spacial score (nSPS) is 25.5. The van der Waals surface area contributed by atoms with Crippen LogP contribution in [0.3, 0.4) is 0 Å². The number of carbonyl (C=O) groups is 1. The molecule has 4 heteroatoms. The maximum absolute atomic E-state index is 13.4. The molecule has 0 N–H and O–H groups in total. The summed E-state index contributed by atoms with van der Waals surface area (Å²) in [5.74, 6) is -0.373. The number of esters is 1. The molecule has 1 heterocycles. The van der Waals surface area contributed by atoms with Crippen LogP contribution in [0, 0.1) is 0 Å². The van der Waals surface area contributed by atoms with Gasteiger partial charge in [-0.3, -0.25) is 0 Å². The van der Waals surface area contributed by atoms with E-state index in [4.69, 9.17) is 0 Å². The SMILES string of the molecule is COC(=O)c1ccn([C@@H]2CCC[C@H]2F)c1. The van der Waals surface area contributed by atoms with E-state index < -0.39 is 6.17 Å². The summed E-state index contributed by atoms with van der Waals surface area (Å²) in [4.78, 5) is 11.2. The summed E-state index contributed by atoms with van der Waals surface area (Å²) >= 11 is 0. The zero-order valence-electron chi connectivity index (χ0n) is 8.65. The van der Waals surface area contributed by atoms with Crippen LogP contribution < -0.4 is 0 Å². The lowest BCUT2D eigenvalue weighted by molar-refractivity contribution is 0.0600. The zero-order chi connectivity index (χ0) is 10.8. The standard InChI is InChI=1S/C11H14FNO2/c1-15-11(14)8-5-6-13(7-8)10-4-2-3-9(10)12/h5-7,9-10H,2-4H2,1H3/t9-,10-/m1/s1. The van der Waals surface area contributed by atoms with Gasteiger partial charge in [-0.2, -0.15) is 0 Å². The molecule has 1 aromatic heterocycles. The molecule has 0 saturated heterocycles. The first-order valence-electron chi connectivity index (χ1n) is 5.12. The van der Waals surface area contributed by atoms with Gasteiger partial charge in [0.25, 0.3) is 0 Å². The van der Waals surface area contributed by atoms with Crippen molar-refractivity contribution in [2.75, 3.05) is 7.11 Å². The van der Waals surface area contributed by atoms with Crippen LogP contribution in [-0.2, 0) is 4.74 Å². The van der Waals surface area contributed by atoms with E-state index in [1.807, 2.05) is 0 Å². The van der Waals surface area contributed by atoms with Crippen molar-refractivity contribution < 1.29 is 13.9 Å². The third-order valence-electron chi connectivity index (χ3n) is 2.92. The van der Waals surface area contributed by atoms with E-state index in [0.717, 1.165) is 12.8 Å². The van der Waals surface area contributed by atoms with Crippen LogP contribution in [0.25, 0.3) is 0 Å². The highest BCUT2D eigenvalue weighted by Gasteiger charge is 2.28. The Morgan fingerprint density at radius 1 is 1.60 bits per heavy atom. The molecule has 15 heavy (non-hydrogen) atoms. The number of rotatable bonds is 2. The van der Waals surface area contributed by atoms with Crippen molar-refractivity contribution >= 4 is 5.97 Å². The van der Waals surface area contributed by atoms with Gasteiger partial charge in [0.05, 0.1) is 18.7 Å². The number of halogens is 1. The molecule has 1 saturated carbocycles. The summed E-state index contributed by atoms with van der Waals surface area (Å²) in [7, 11) is 1.34. The number of alkyl halides is 1. The molecule has 3 nitrogen and oxygen atoms in total. The van der Waals surface area contributed by atoms with Gasteiger partial charge in [-0.05, 0) is 25.3 Å². The third kappa shape index (κ3) is 1.89. The van der Waals surface area contributed by atoms with Gasteiger partial charge in [0, 0.05) is 12.4 Å². The lowest BCUT2D eigenvalue weighted by Crippen LogP contribution is -2.13. The minimum atomic E-state index is -0.789. The molecule has 1 aliphatic rings. The summed E-state index contributed by atoms with van der Waals surface area (Å²) in [5.41, 5.74) is 0.483. The predicted molar refractivity (Wildman–Crippen MR) is 53.6 cm³/mol. The Kier molecular flexibility index (Phi) is 2.75. The van der Waals surface area contributed by atoms with Crippen LogP contribution >= 0.6 is 0 Å². The second kappa shape index (κ2) is 4.04. The van der Waals surface area contributed by atoms with Gasteiger partial charge in [0.1, 0.15) is 6.17 Å². The molecule has 0 aromatic carbocycles. The molecule has 82 valence electrons. The average Bonchev–Trinajstić information content (AvgIpc) is 2.84. The van der Waals surface area contributed by atoms with Gasteiger partial charge < -0.3 is 9.30 Å². The minimum absolute atomic E-state index is 0.108. The number of aromatic nitrogens is 1. The van der Waals surface area contributed by atoms with Gasteiger partial charge >= 0.3 is 5.97 Å². The highest BCUT2D eigenvalue weighted by molar-refractivity contribution is 5.89. The summed E-state index contributed by atoms with van der Waals surface area (Å²) in [5, 5.41) is 0. The molecule has 0 aliphatic heterocycles. The third-order valence-corrected chi connectivity index (χ3v) is 2.92. The minimum Gasteiger partial charge on any atom is -0.465 e. The van der Waals surface area contributed by atoms with Gasteiger partial charge in [-0.15, -0.1) is 0 Å². The second-order valence-corrected chi connectivity index (χ2v) is 3.85. The maximum atomic E-state index is 13.4.